The monoisotopic (exact) mass is 165 g/mol. The number of rotatable bonds is 3. The van der Waals surface area contributed by atoms with Crippen LogP contribution in [0.25, 0.3) is 0 Å². The van der Waals surface area contributed by atoms with Crippen LogP contribution in [0, 0.1) is 0 Å². The van der Waals surface area contributed by atoms with E-state index < -0.39 is 6.29 Å². The van der Waals surface area contributed by atoms with E-state index in [0.717, 1.165) is 17.5 Å². The van der Waals surface area contributed by atoms with Crippen molar-refractivity contribution in [3.05, 3.63) is 35.4 Å². The summed E-state index contributed by atoms with van der Waals surface area (Å²) in [4.78, 5) is 0. The second-order valence-electron chi connectivity index (χ2n) is 2.62. The zero-order chi connectivity index (χ0) is 8.97. The Hall–Kier alpha value is -0.860. The molecule has 0 aromatic heterocycles. The molecule has 0 aliphatic heterocycles. The third-order valence-corrected chi connectivity index (χ3v) is 1.90. The number of hydrogen-bond acceptors (Lipinski definition) is 1. The number of benzene rings is 1. The van der Waals surface area contributed by atoms with Gasteiger partial charge < -0.3 is 4.74 Å². The average Bonchev–Trinajstić information content (AvgIpc) is 2.16. The maximum Gasteiger partial charge on any atom is 0.217 e. The molecular formula is C10H13O2. The Morgan fingerprint density at radius 2 is 2.08 bits per heavy atom. The zero-order valence-corrected chi connectivity index (χ0v) is 7.41. The minimum absolute atomic E-state index is 0.752. The van der Waals surface area contributed by atoms with Crippen molar-refractivity contribution in [1.29, 1.82) is 0 Å². The van der Waals surface area contributed by atoms with Crippen LogP contribution in [-0.2, 0) is 16.3 Å². The van der Waals surface area contributed by atoms with Crippen molar-refractivity contribution in [2.75, 3.05) is 7.11 Å². The molecule has 1 rings (SSSR count). The second kappa shape index (κ2) is 4.24. The molecule has 65 valence electrons. The average molecular weight is 165 g/mol. The predicted molar refractivity (Wildman–Crippen MR) is 46.3 cm³/mol. The molecular weight excluding hydrogens is 152 g/mol. The summed E-state index contributed by atoms with van der Waals surface area (Å²) >= 11 is 0. The van der Waals surface area contributed by atoms with Crippen LogP contribution in [0.15, 0.2) is 24.3 Å². The van der Waals surface area contributed by atoms with Gasteiger partial charge in [0.25, 0.3) is 0 Å². The molecule has 0 aliphatic rings. The second-order valence-corrected chi connectivity index (χ2v) is 2.62. The predicted octanol–water partition coefficient (Wildman–Crippen LogP) is 2.32. The number of ether oxygens (including phenoxy) is 1. The quantitative estimate of drug-likeness (QED) is 0.632. The van der Waals surface area contributed by atoms with Crippen molar-refractivity contribution < 1.29 is 9.84 Å². The standard InChI is InChI=1S/C10H13O2/c1-3-8-6-4-5-7-9(8)10(11)12-2/h4-7,10H,3H2,1-2H3. The maximum absolute atomic E-state index is 11.3. The van der Waals surface area contributed by atoms with E-state index in [0.29, 0.717) is 0 Å². The molecule has 0 heterocycles. The van der Waals surface area contributed by atoms with Crippen LogP contribution < -0.4 is 0 Å². The molecule has 1 aromatic rings. The summed E-state index contributed by atoms with van der Waals surface area (Å²) in [5.41, 5.74) is 1.82. The lowest BCUT2D eigenvalue weighted by molar-refractivity contribution is -0.123. The fraction of sp³-hybridized carbons (Fsp3) is 0.400. The fourth-order valence-corrected chi connectivity index (χ4v) is 1.21. The summed E-state index contributed by atoms with van der Waals surface area (Å²) in [7, 11) is 1.43. The summed E-state index contributed by atoms with van der Waals surface area (Å²) in [6, 6.07) is 7.57. The molecule has 1 radical (unpaired) electrons. The molecule has 1 atom stereocenters. The minimum Gasteiger partial charge on any atom is -0.349 e. The van der Waals surface area contributed by atoms with Crippen LogP contribution in [0.5, 0.6) is 0 Å². The van der Waals surface area contributed by atoms with Gasteiger partial charge in [0, 0.05) is 12.7 Å². The lowest BCUT2D eigenvalue weighted by atomic mass is 10.1. The van der Waals surface area contributed by atoms with Gasteiger partial charge in [-0.25, -0.2) is 0 Å². The summed E-state index contributed by atoms with van der Waals surface area (Å²) in [5, 5.41) is 11.3. The Morgan fingerprint density at radius 1 is 1.42 bits per heavy atom. The molecule has 0 spiro atoms. The highest BCUT2D eigenvalue weighted by molar-refractivity contribution is 5.27. The Bertz CT molecular complexity index is 245. The van der Waals surface area contributed by atoms with E-state index in [9.17, 15) is 5.11 Å². The molecule has 0 saturated heterocycles. The lowest BCUT2D eigenvalue weighted by Crippen LogP contribution is -2.01. The highest BCUT2D eigenvalue weighted by Crippen LogP contribution is 2.18. The Balaban J connectivity index is 2.96. The molecule has 0 aliphatic carbocycles. The van der Waals surface area contributed by atoms with E-state index in [1.165, 1.54) is 7.11 Å². The van der Waals surface area contributed by atoms with E-state index in [1.54, 1.807) is 0 Å². The van der Waals surface area contributed by atoms with Gasteiger partial charge in [-0.05, 0) is 12.0 Å². The number of methoxy groups -OCH3 is 1. The van der Waals surface area contributed by atoms with E-state index in [4.69, 9.17) is 4.74 Å². The molecule has 0 N–H and O–H groups in total. The van der Waals surface area contributed by atoms with Gasteiger partial charge in [0.05, 0.1) is 0 Å². The molecule has 12 heavy (non-hydrogen) atoms. The van der Waals surface area contributed by atoms with Gasteiger partial charge in [0.15, 0.2) is 0 Å². The van der Waals surface area contributed by atoms with Gasteiger partial charge in [0.1, 0.15) is 0 Å². The summed E-state index contributed by atoms with van der Waals surface area (Å²) < 4.78 is 4.72. The van der Waals surface area contributed by atoms with E-state index in [1.807, 2.05) is 31.2 Å². The molecule has 2 heteroatoms. The molecule has 0 bridgehead atoms. The smallest absolute Gasteiger partial charge is 0.217 e. The van der Waals surface area contributed by atoms with Gasteiger partial charge in [-0.3, -0.25) is 0 Å². The van der Waals surface area contributed by atoms with Crippen molar-refractivity contribution in [2.45, 2.75) is 19.6 Å². The van der Waals surface area contributed by atoms with Crippen LogP contribution in [-0.4, -0.2) is 7.11 Å². The van der Waals surface area contributed by atoms with Gasteiger partial charge >= 0.3 is 0 Å². The molecule has 0 amide bonds. The fourth-order valence-electron chi connectivity index (χ4n) is 1.21. The molecule has 2 nitrogen and oxygen atoms in total. The minimum atomic E-state index is -1.04. The van der Waals surface area contributed by atoms with Gasteiger partial charge in [0.2, 0.25) is 6.29 Å². The van der Waals surface area contributed by atoms with E-state index in [-0.39, 0.29) is 0 Å². The van der Waals surface area contributed by atoms with Crippen molar-refractivity contribution >= 4 is 0 Å². The molecule has 1 unspecified atom stereocenters. The number of aryl methyl sites for hydroxylation is 1. The largest absolute Gasteiger partial charge is 0.349 e. The van der Waals surface area contributed by atoms with Gasteiger partial charge in [-0.1, -0.05) is 31.2 Å². The SMILES string of the molecule is CCc1ccccc1C([O])OC. The lowest BCUT2D eigenvalue weighted by Gasteiger charge is -2.10. The van der Waals surface area contributed by atoms with Crippen LogP contribution in [0.2, 0.25) is 0 Å². The van der Waals surface area contributed by atoms with Crippen molar-refractivity contribution in [3.8, 4) is 0 Å². The van der Waals surface area contributed by atoms with Crippen LogP contribution in [0.1, 0.15) is 24.3 Å². The number of hydrogen-bond donors (Lipinski definition) is 0. The first-order chi connectivity index (χ1) is 5.79. The first kappa shape index (κ1) is 9.23. The first-order valence-electron chi connectivity index (χ1n) is 4.06. The summed E-state index contributed by atoms with van der Waals surface area (Å²) in [6.07, 6.45) is -0.167. The maximum atomic E-state index is 11.3. The Labute approximate surface area is 72.8 Å². The van der Waals surface area contributed by atoms with E-state index >= 15 is 0 Å². The van der Waals surface area contributed by atoms with Crippen LogP contribution in [0.4, 0.5) is 0 Å². The van der Waals surface area contributed by atoms with Crippen molar-refractivity contribution in [2.24, 2.45) is 0 Å². The van der Waals surface area contributed by atoms with E-state index in [2.05, 4.69) is 0 Å². The normalized spacial score (nSPS) is 12.9. The third kappa shape index (κ3) is 1.84. The summed E-state index contributed by atoms with van der Waals surface area (Å²) in [6.45, 7) is 2.03. The van der Waals surface area contributed by atoms with Crippen LogP contribution in [0.3, 0.4) is 0 Å². The van der Waals surface area contributed by atoms with Crippen molar-refractivity contribution in [3.63, 3.8) is 0 Å². The molecule has 0 saturated carbocycles. The highest BCUT2D eigenvalue weighted by Gasteiger charge is 2.10. The summed E-state index contributed by atoms with van der Waals surface area (Å²) in [5.74, 6) is 0. The van der Waals surface area contributed by atoms with Crippen LogP contribution >= 0.6 is 0 Å². The van der Waals surface area contributed by atoms with Crippen molar-refractivity contribution in [1.82, 2.24) is 0 Å². The topological polar surface area (TPSA) is 29.1 Å². The Morgan fingerprint density at radius 3 is 2.67 bits per heavy atom. The highest BCUT2D eigenvalue weighted by atomic mass is 16.6. The van der Waals surface area contributed by atoms with Gasteiger partial charge in [-0.2, -0.15) is 5.11 Å². The Kier molecular flexibility index (Phi) is 3.26. The molecule has 0 fully saturated rings. The third-order valence-electron chi connectivity index (χ3n) is 1.90. The zero-order valence-electron chi connectivity index (χ0n) is 7.41. The first-order valence-corrected chi connectivity index (χ1v) is 4.06. The molecule has 1 aromatic carbocycles. The van der Waals surface area contributed by atoms with Gasteiger partial charge in [-0.15, -0.1) is 0 Å².